The first kappa shape index (κ1) is 27.6. The van der Waals surface area contributed by atoms with E-state index in [-0.39, 0.29) is 40.1 Å². The van der Waals surface area contributed by atoms with Crippen molar-refractivity contribution < 1.29 is 36.2 Å². The highest BCUT2D eigenvalue weighted by atomic mass is 35.5. The standard InChI is InChI=1S/C25H21ClF6N4O2/c1-22(8-9-22)15-5-3-4-14(11-15)18-34-19(36-21(38)35-18)16-10-13(6-7-17(16)26)12-33-20(37)23(2,24(27,28)29)25(30,31)32/h3-7,10-11H,8-9,12H2,1-2H3,(H,33,37)(H,34,35,36,38). The van der Waals surface area contributed by atoms with Crippen LogP contribution in [0.3, 0.4) is 0 Å². The lowest BCUT2D eigenvalue weighted by atomic mass is 9.87. The van der Waals surface area contributed by atoms with Crippen molar-refractivity contribution in [2.45, 2.75) is 51.0 Å². The number of hydrogen-bond donors (Lipinski definition) is 2. The zero-order valence-corrected chi connectivity index (χ0v) is 20.8. The first-order chi connectivity index (χ1) is 17.5. The third-order valence-electron chi connectivity index (χ3n) is 6.75. The summed E-state index contributed by atoms with van der Waals surface area (Å²) >= 11 is 6.26. The Morgan fingerprint density at radius 3 is 2.24 bits per heavy atom. The molecule has 1 heterocycles. The Kier molecular flexibility index (Phi) is 6.84. The van der Waals surface area contributed by atoms with Gasteiger partial charge in [-0.05, 0) is 54.5 Å². The Hall–Kier alpha value is -3.41. The highest BCUT2D eigenvalue weighted by molar-refractivity contribution is 6.33. The molecule has 0 saturated heterocycles. The van der Waals surface area contributed by atoms with Crippen molar-refractivity contribution >= 4 is 17.5 Å². The summed E-state index contributed by atoms with van der Waals surface area (Å²) in [6.07, 6.45) is -9.66. The molecule has 4 rings (SSSR count). The summed E-state index contributed by atoms with van der Waals surface area (Å²) in [4.78, 5) is 24.3. The Labute approximate surface area is 218 Å². The molecule has 3 aromatic rings. The predicted octanol–water partition coefficient (Wildman–Crippen LogP) is 6.36. The molecule has 0 spiro atoms. The maximum absolute atomic E-state index is 13.2. The van der Waals surface area contributed by atoms with Gasteiger partial charge in [-0.25, -0.2) is 4.98 Å². The second-order valence-electron chi connectivity index (χ2n) is 9.54. The average molecular weight is 559 g/mol. The van der Waals surface area contributed by atoms with E-state index in [4.69, 9.17) is 11.6 Å². The minimum absolute atomic E-state index is 0.0598. The van der Waals surface area contributed by atoms with Gasteiger partial charge in [0.15, 0.2) is 11.6 Å². The summed E-state index contributed by atoms with van der Waals surface area (Å²) in [5, 5.41) is 12.0. The number of benzene rings is 2. The Morgan fingerprint density at radius 2 is 1.63 bits per heavy atom. The number of amides is 1. The molecule has 1 aliphatic carbocycles. The van der Waals surface area contributed by atoms with Crippen molar-refractivity contribution in [1.82, 2.24) is 20.3 Å². The van der Waals surface area contributed by atoms with Crippen LogP contribution in [0.25, 0.3) is 22.8 Å². The van der Waals surface area contributed by atoms with E-state index in [9.17, 15) is 36.2 Å². The van der Waals surface area contributed by atoms with E-state index in [0.717, 1.165) is 18.4 Å². The molecule has 38 heavy (non-hydrogen) atoms. The fraction of sp³-hybridized carbons (Fsp3) is 0.360. The van der Waals surface area contributed by atoms with E-state index >= 15 is 0 Å². The minimum atomic E-state index is -5.87. The van der Waals surface area contributed by atoms with Gasteiger partial charge in [0.25, 0.3) is 0 Å². The summed E-state index contributed by atoms with van der Waals surface area (Å²) in [5.41, 5.74) is -2.61. The molecule has 0 aliphatic heterocycles. The van der Waals surface area contributed by atoms with E-state index in [1.807, 2.05) is 18.2 Å². The fourth-order valence-corrected chi connectivity index (χ4v) is 3.96. The van der Waals surface area contributed by atoms with Gasteiger partial charge in [-0.15, -0.1) is 0 Å². The Morgan fingerprint density at radius 1 is 1.00 bits per heavy atom. The van der Waals surface area contributed by atoms with Crippen LogP contribution in [0.15, 0.2) is 42.5 Å². The molecule has 0 atom stereocenters. The summed E-state index contributed by atoms with van der Waals surface area (Å²) in [5.74, 6) is -2.19. The van der Waals surface area contributed by atoms with Crippen molar-refractivity contribution in [1.29, 1.82) is 0 Å². The molecule has 2 N–H and O–H groups in total. The molecule has 1 aliphatic rings. The van der Waals surface area contributed by atoms with Crippen LogP contribution in [0.2, 0.25) is 5.02 Å². The van der Waals surface area contributed by atoms with Crippen molar-refractivity contribution in [2.75, 3.05) is 0 Å². The minimum Gasteiger partial charge on any atom is -0.479 e. The summed E-state index contributed by atoms with van der Waals surface area (Å²) in [6.45, 7) is 1.23. The zero-order chi connectivity index (χ0) is 28.1. The number of nitrogens with zero attached hydrogens (tertiary/aromatic N) is 3. The number of carbonyl (C=O) groups excluding carboxylic acids is 1. The highest BCUT2D eigenvalue weighted by Gasteiger charge is 2.72. The predicted molar refractivity (Wildman–Crippen MR) is 126 cm³/mol. The number of aromatic hydroxyl groups is 1. The van der Waals surface area contributed by atoms with Crippen LogP contribution in [0, 0.1) is 5.41 Å². The van der Waals surface area contributed by atoms with Gasteiger partial charge in [0.05, 0.1) is 5.02 Å². The summed E-state index contributed by atoms with van der Waals surface area (Å²) < 4.78 is 79.1. The van der Waals surface area contributed by atoms with Gasteiger partial charge >= 0.3 is 18.4 Å². The zero-order valence-electron chi connectivity index (χ0n) is 20.0. The molecule has 1 aromatic heterocycles. The third-order valence-corrected chi connectivity index (χ3v) is 7.08. The van der Waals surface area contributed by atoms with Crippen LogP contribution >= 0.6 is 11.6 Å². The number of aromatic nitrogens is 3. The van der Waals surface area contributed by atoms with Gasteiger partial charge in [-0.1, -0.05) is 42.8 Å². The quantitative estimate of drug-likeness (QED) is 0.344. The van der Waals surface area contributed by atoms with Crippen LogP contribution in [-0.2, 0) is 16.8 Å². The van der Waals surface area contributed by atoms with Crippen LogP contribution < -0.4 is 5.32 Å². The molecule has 1 saturated carbocycles. The van der Waals surface area contributed by atoms with Gasteiger partial charge in [-0.2, -0.15) is 36.3 Å². The first-order valence-electron chi connectivity index (χ1n) is 11.3. The number of alkyl halides is 6. The van der Waals surface area contributed by atoms with E-state index in [1.54, 1.807) is 11.4 Å². The smallest absolute Gasteiger partial charge is 0.411 e. The van der Waals surface area contributed by atoms with Crippen molar-refractivity contribution in [3.8, 4) is 28.8 Å². The normalized spacial score (nSPS) is 15.3. The van der Waals surface area contributed by atoms with Gasteiger partial charge in [0.2, 0.25) is 11.3 Å². The average Bonchev–Trinajstić information content (AvgIpc) is 3.59. The van der Waals surface area contributed by atoms with Gasteiger partial charge in [0, 0.05) is 17.7 Å². The lowest BCUT2D eigenvalue weighted by molar-refractivity contribution is -0.319. The Bertz CT molecular complexity index is 1370. The highest BCUT2D eigenvalue weighted by Crippen LogP contribution is 2.50. The van der Waals surface area contributed by atoms with E-state index in [2.05, 4.69) is 21.9 Å². The molecule has 202 valence electrons. The molecule has 0 bridgehead atoms. The SMILES string of the molecule is CC1(c2cccc(-c3nc(O)nc(-c4cc(CNC(=O)C(C)(C(F)(F)F)C(F)(F)F)ccc4Cl)n3)c2)CC1. The molecule has 1 fully saturated rings. The number of carbonyl (C=O) groups is 1. The summed E-state index contributed by atoms with van der Waals surface area (Å²) in [6, 6.07) is 10.8. The first-order valence-corrected chi connectivity index (χ1v) is 11.7. The fourth-order valence-electron chi connectivity index (χ4n) is 3.76. The third kappa shape index (κ3) is 5.13. The van der Waals surface area contributed by atoms with Crippen molar-refractivity contribution in [3.05, 3.63) is 58.6 Å². The number of halogens is 7. The molecule has 0 radical (unpaired) electrons. The summed E-state index contributed by atoms with van der Waals surface area (Å²) in [7, 11) is 0. The molecular weight excluding hydrogens is 538 g/mol. The monoisotopic (exact) mass is 558 g/mol. The van der Waals surface area contributed by atoms with Crippen LogP contribution in [-0.4, -0.2) is 38.3 Å². The topological polar surface area (TPSA) is 88.0 Å². The van der Waals surface area contributed by atoms with Crippen molar-refractivity contribution in [3.63, 3.8) is 0 Å². The van der Waals surface area contributed by atoms with Crippen LogP contribution in [0.5, 0.6) is 6.01 Å². The van der Waals surface area contributed by atoms with Crippen LogP contribution in [0.1, 0.15) is 37.8 Å². The molecule has 13 heteroatoms. The van der Waals surface area contributed by atoms with Gasteiger partial charge < -0.3 is 10.4 Å². The number of rotatable bonds is 6. The lowest BCUT2D eigenvalue weighted by Gasteiger charge is -2.32. The van der Waals surface area contributed by atoms with Gasteiger partial charge in [0.1, 0.15) is 0 Å². The number of hydrogen-bond acceptors (Lipinski definition) is 5. The molecule has 6 nitrogen and oxygen atoms in total. The van der Waals surface area contributed by atoms with E-state index < -0.39 is 36.2 Å². The molecule has 0 unspecified atom stereocenters. The largest absolute Gasteiger partial charge is 0.479 e. The van der Waals surface area contributed by atoms with Crippen molar-refractivity contribution in [2.24, 2.45) is 5.41 Å². The maximum atomic E-state index is 13.2. The molecule has 1 amide bonds. The second-order valence-corrected chi connectivity index (χ2v) is 9.95. The number of nitrogens with one attached hydrogen (secondary N) is 1. The Balaban J connectivity index is 1.63. The van der Waals surface area contributed by atoms with Gasteiger partial charge in [-0.3, -0.25) is 4.79 Å². The van der Waals surface area contributed by atoms with E-state index in [1.165, 1.54) is 18.2 Å². The maximum Gasteiger partial charge on any atom is 0.411 e. The molecular formula is C25H21ClF6N4O2. The van der Waals surface area contributed by atoms with E-state index in [0.29, 0.717) is 5.56 Å². The lowest BCUT2D eigenvalue weighted by Crippen LogP contribution is -2.57. The second kappa shape index (κ2) is 9.40. The van der Waals surface area contributed by atoms with Crippen LogP contribution in [0.4, 0.5) is 26.3 Å². The molecule has 2 aromatic carbocycles.